The molecule has 0 spiro atoms. The number of Topliss-reactive ketones (excluding diaryl/α,β-unsaturated/α-hetero) is 2. The van der Waals surface area contributed by atoms with Gasteiger partial charge in [-0.05, 0) is 48.1 Å². The molecular formula is C30H31N3O8. The number of aromatic hydroxyl groups is 1. The van der Waals surface area contributed by atoms with Gasteiger partial charge in [-0.3, -0.25) is 19.2 Å². The third-order valence-electron chi connectivity index (χ3n) is 8.47. The number of nitrogens with two attached hydrogens (primary N) is 2. The average Bonchev–Trinajstić information content (AvgIpc) is 2.91. The Morgan fingerprint density at radius 1 is 1.02 bits per heavy atom. The van der Waals surface area contributed by atoms with E-state index < -0.39 is 52.1 Å². The number of phenols is 1. The lowest BCUT2D eigenvalue weighted by molar-refractivity contribution is -0.131. The molecule has 3 atom stereocenters. The summed E-state index contributed by atoms with van der Waals surface area (Å²) in [6, 6.07) is 8.13. The van der Waals surface area contributed by atoms with Crippen LogP contribution in [-0.2, 0) is 25.5 Å². The molecule has 3 aliphatic rings. The number of benzene rings is 2. The van der Waals surface area contributed by atoms with Crippen molar-refractivity contribution in [2.24, 2.45) is 23.3 Å². The Morgan fingerprint density at radius 3 is 2.22 bits per heavy atom. The topological polar surface area (TPSA) is 182 Å². The van der Waals surface area contributed by atoms with Crippen LogP contribution in [0.3, 0.4) is 0 Å². The molecule has 0 aliphatic heterocycles. The van der Waals surface area contributed by atoms with Crippen molar-refractivity contribution < 1.29 is 38.9 Å². The zero-order valence-electron chi connectivity index (χ0n) is 23.1. The molecule has 2 aromatic rings. The lowest BCUT2D eigenvalue weighted by Gasteiger charge is -2.49. The predicted octanol–water partition coefficient (Wildman–Crippen LogP) is 2.15. The molecule has 2 aromatic carbocycles. The van der Waals surface area contributed by atoms with Gasteiger partial charge in [0.05, 0.1) is 12.7 Å². The van der Waals surface area contributed by atoms with Crippen molar-refractivity contribution in [3.05, 3.63) is 69.7 Å². The fourth-order valence-electron chi connectivity index (χ4n) is 6.68. The van der Waals surface area contributed by atoms with Crippen LogP contribution in [0.15, 0.2) is 53.0 Å². The molecular weight excluding hydrogens is 530 g/mol. The number of hydrogen-bond donors (Lipinski definition) is 4. The van der Waals surface area contributed by atoms with Crippen molar-refractivity contribution in [2.45, 2.75) is 24.9 Å². The number of phenolic OH excluding ortho intramolecular Hbond substituents is 1. The number of rotatable bonds is 6. The van der Waals surface area contributed by atoms with Gasteiger partial charge in [0, 0.05) is 55.9 Å². The van der Waals surface area contributed by atoms with Gasteiger partial charge in [0.1, 0.15) is 22.8 Å². The van der Waals surface area contributed by atoms with Crippen molar-refractivity contribution in [3.8, 4) is 16.9 Å². The van der Waals surface area contributed by atoms with Crippen molar-refractivity contribution in [1.82, 2.24) is 0 Å². The second-order valence-corrected chi connectivity index (χ2v) is 10.7. The van der Waals surface area contributed by atoms with Gasteiger partial charge in [0.15, 0.2) is 17.2 Å². The van der Waals surface area contributed by atoms with E-state index in [2.05, 4.69) is 0 Å². The Hall–Kier alpha value is -4.64. The third kappa shape index (κ3) is 3.91. The highest BCUT2D eigenvalue weighted by molar-refractivity contribution is 6.20. The number of ketones is 2. The summed E-state index contributed by atoms with van der Waals surface area (Å²) in [5.41, 5.74) is 11.3. The summed E-state index contributed by atoms with van der Waals surface area (Å²) in [6.07, 6.45) is 0.468. The number of amides is 2. The van der Waals surface area contributed by atoms with E-state index in [4.69, 9.17) is 20.9 Å². The normalized spacial score (nSPS) is 23.5. The standard InChI is InChI=1S/C30H31N3O8/c1-33(2)19-12-17(13-5-7-14(8-6-13)28(31)38)24(35)22-18(19)10-15-9-16-11-20(34)23(29(32)39)26(37)30(16,41-4)27(40-3)21(15)25(22)36/h5-8,12,15-16,35,37H,9-11H2,1-4H3,(H2,31,38)(H2,32,39)/t15-,16+,30-/m1/s1. The second kappa shape index (κ2) is 9.77. The van der Waals surface area contributed by atoms with Gasteiger partial charge in [-0.25, -0.2) is 0 Å². The number of aliphatic hydroxyl groups is 1. The highest BCUT2D eigenvalue weighted by Gasteiger charge is 2.60. The Bertz CT molecular complexity index is 1590. The van der Waals surface area contributed by atoms with Gasteiger partial charge < -0.3 is 36.1 Å². The van der Waals surface area contributed by atoms with Crippen LogP contribution in [0.2, 0.25) is 0 Å². The molecule has 41 heavy (non-hydrogen) atoms. The smallest absolute Gasteiger partial charge is 0.255 e. The number of carbonyl (C=O) groups is 4. The molecule has 0 unspecified atom stereocenters. The van der Waals surface area contributed by atoms with E-state index in [1.165, 1.54) is 26.4 Å². The molecule has 6 N–H and O–H groups in total. The van der Waals surface area contributed by atoms with Gasteiger partial charge in [0.2, 0.25) is 5.91 Å². The largest absolute Gasteiger partial charge is 0.508 e. The molecule has 11 heteroatoms. The number of primary amides is 2. The monoisotopic (exact) mass is 561 g/mol. The molecule has 0 radical (unpaired) electrons. The summed E-state index contributed by atoms with van der Waals surface area (Å²) in [6.45, 7) is 0. The van der Waals surface area contributed by atoms with E-state index in [9.17, 15) is 29.4 Å². The minimum atomic E-state index is -1.78. The van der Waals surface area contributed by atoms with Gasteiger partial charge in [0.25, 0.3) is 5.91 Å². The van der Waals surface area contributed by atoms with E-state index in [1.807, 2.05) is 19.0 Å². The van der Waals surface area contributed by atoms with E-state index in [0.717, 1.165) is 0 Å². The summed E-state index contributed by atoms with van der Waals surface area (Å²) < 4.78 is 11.6. The third-order valence-corrected chi connectivity index (χ3v) is 8.47. The van der Waals surface area contributed by atoms with E-state index >= 15 is 0 Å². The molecule has 5 rings (SSSR count). The van der Waals surface area contributed by atoms with Gasteiger partial charge in [-0.1, -0.05) is 12.1 Å². The summed E-state index contributed by atoms with van der Waals surface area (Å²) in [7, 11) is 6.27. The summed E-state index contributed by atoms with van der Waals surface area (Å²) in [5.74, 6) is -4.85. The zero-order valence-corrected chi connectivity index (χ0v) is 23.1. The minimum Gasteiger partial charge on any atom is -0.508 e. The molecule has 0 saturated heterocycles. The van der Waals surface area contributed by atoms with Crippen molar-refractivity contribution in [2.75, 3.05) is 33.2 Å². The molecule has 11 nitrogen and oxygen atoms in total. The van der Waals surface area contributed by atoms with Crippen molar-refractivity contribution in [3.63, 3.8) is 0 Å². The first-order chi connectivity index (χ1) is 19.4. The van der Waals surface area contributed by atoms with Crippen LogP contribution in [0.1, 0.15) is 39.1 Å². The number of methoxy groups -OCH3 is 2. The number of nitrogens with zero attached hydrogens (tertiary/aromatic N) is 1. The Morgan fingerprint density at radius 2 is 1.68 bits per heavy atom. The molecule has 3 aliphatic carbocycles. The van der Waals surface area contributed by atoms with Crippen LogP contribution in [0, 0.1) is 11.8 Å². The molecule has 0 heterocycles. The first kappa shape index (κ1) is 27.9. The van der Waals surface area contributed by atoms with Crippen LogP contribution < -0.4 is 16.4 Å². The zero-order chi connectivity index (χ0) is 30.0. The van der Waals surface area contributed by atoms with Crippen LogP contribution in [0.25, 0.3) is 11.1 Å². The van der Waals surface area contributed by atoms with Gasteiger partial charge in [-0.15, -0.1) is 0 Å². The van der Waals surface area contributed by atoms with Gasteiger partial charge >= 0.3 is 0 Å². The van der Waals surface area contributed by atoms with Crippen LogP contribution in [-0.4, -0.2) is 67.5 Å². The van der Waals surface area contributed by atoms with Gasteiger partial charge in [-0.2, -0.15) is 0 Å². The summed E-state index contributed by atoms with van der Waals surface area (Å²) >= 11 is 0. The molecule has 0 fully saturated rings. The number of carbonyl (C=O) groups excluding carboxylic acids is 4. The average molecular weight is 562 g/mol. The molecule has 0 saturated carbocycles. The first-order valence-corrected chi connectivity index (χ1v) is 13.0. The lowest BCUT2D eigenvalue weighted by atomic mass is 9.60. The number of aliphatic hydroxyl groups excluding tert-OH is 1. The predicted molar refractivity (Wildman–Crippen MR) is 148 cm³/mol. The molecule has 0 aromatic heterocycles. The molecule has 0 bridgehead atoms. The van der Waals surface area contributed by atoms with Crippen molar-refractivity contribution >= 4 is 29.1 Å². The number of anilines is 1. The van der Waals surface area contributed by atoms with E-state index in [0.29, 0.717) is 34.4 Å². The minimum absolute atomic E-state index is 0.0253. The highest BCUT2D eigenvalue weighted by atomic mass is 16.5. The Balaban J connectivity index is 1.77. The van der Waals surface area contributed by atoms with E-state index in [-0.39, 0.29) is 35.5 Å². The fourth-order valence-corrected chi connectivity index (χ4v) is 6.68. The quantitative estimate of drug-likeness (QED) is 0.384. The number of ether oxygens (including phenoxy) is 2. The Kier molecular flexibility index (Phi) is 6.65. The summed E-state index contributed by atoms with van der Waals surface area (Å²) in [4.78, 5) is 52.7. The Labute approximate surface area is 236 Å². The van der Waals surface area contributed by atoms with Crippen molar-refractivity contribution in [1.29, 1.82) is 0 Å². The number of allylic oxidation sites excluding steroid dienone is 1. The van der Waals surface area contributed by atoms with Crippen LogP contribution in [0.4, 0.5) is 5.69 Å². The summed E-state index contributed by atoms with van der Waals surface area (Å²) in [5, 5.41) is 22.8. The molecule has 214 valence electrons. The van der Waals surface area contributed by atoms with Crippen LogP contribution in [0.5, 0.6) is 5.75 Å². The first-order valence-electron chi connectivity index (χ1n) is 13.0. The lowest BCUT2D eigenvalue weighted by Crippen LogP contribution is -2.55. The number of hydrogen-bond acceptors (Lipinski definition) is 9. The van der Waals surface area contributed by atoms with Crippen LogP contribution >= 0.6 is 0 Å². The fraction of sp³-hybridized carbons (Fsp3) is 0.333. The maximum absolute atomic E-state index is 14.4. The maximum atomic E-state index is 14.4. The SMILES string of the molecule is COC1=C2C(=O)c3c(O)c(-c4ccc(C(N)=O)cc4)cc(N(C)C)c3C[C@H]2C[C@H]2CC(=O)C(C(N)=O)=C(O)[C@@]12OC. The number of fused-ring (bicyclic) bond motifs is 3. The second-order valence-electron chi connectivity index (χ2n) is 10.7. The molecule has 2 amide bonds. The maximum Gasteiger partial charge on any atom is 0.255 e. The van der Waals surface area contributed by atoms with E-state index in [1.54, 1.807) is 18.2 Å². The highest BCUT2D eigenvalue weighted by Crippen LogP contribution is 2.56.